The van der Waals surface area contributed by atoms with Crippen molar-refractivity contribution in [1.29, 1.82) is 0 Å². The highest BCUT2D eigenvalue weighted by atomic mass is 35.5. The third kappa shape index (κ3) is 2.30. The molecule has 82 valence electrons. The molecule has 0 bridgehead atoms. The molecule has 0 spiro atoms. The minimum atomic E-state index is -0.220. The first-order valence-electron chi connectivity index (χ1n) is 4.59. The number of para-hydroxylation sites is 1. The normalized spacial score (nSPS) is 19.1. The molecule has 0 radical (unpaired) electrons. The van der Waals surface area contributed by atoms with E-state index in [0.717, 1.165) is 11.3 Å². The fourth-order valence-corrected chi connectivity index (χ4v) is 1.64. The summed E-state index contributed by atoms with van der Waals surface area (Å²) in [4.78, 5) is 0. The van der Waals surface area contributed by atoms with E-state index >= 15 is 0 Å². The van der Waals surface area contributed by atoms with Crippen LogP contribution < -0.4 is 10.5 Å². The summed E-state index contributed by atoms with van der Waals surface area (Å²) in [5.74, 6) is 0.838. The number of hydrogen-bond donors (Lipinski definition) is 1. The predicted octanol–water partition coefficient (Wildman–Crippen LogP) is 2.22. The van der Waals surface area contributed by atoms with E-state index in [-0.39, 0.29) is 25.1 Å². The molecular weight excluding hydrogens is 217 g/mol. The van der Waals surface area contributed by atoms with Gasteiger partial charge < -0.3 is 10.5 Å². The Balaban J connectivity index is 0.00000112. The van der Waals surface area contributed by atoms with Crippen molar-refractivity contribution in [3.63, 3.8) is 0 Å². The lowest BCUT2D eigenvalue weighted by Gasteiger charge is -2.11. The molecule has 0 fully saturated rings. The van der Waals surface area contributed by atoms with Crippen LogP contribution in [0.15, 0.2) is 36.2 Å². The molecule has 1 aromatic carbocycles. The van der Waals surface area contributed by atoms with Crippen molar-refractivity contribution in [2.24, 2.45) is 5.73 Å². The summed E-state index contributed by atoms with van der Waals surface area (Å²) in [6.07, 6.45) is 1.04. The van der Waals surface area contributed by atoms with Gasteiger partial charge in [-0.2, -0.15) is 0 Å². The lowest BCUT2D eigenvalue weighted by molar-refractivity contribution is 0.266. The van der Waals surface area contributed by atoms with Crippen LogP contribution in [0.1, 0.15) is 5.56 Å². The van der Waals surface area contributed by atoms with Crippen molar-refractivity contribution < 1.29 is 9.13 Å². The molecule has 4 heteroatoms. The molecule has 0 saturated carbocycles. The number of halogens is 2. The minimum absolute atomic E-state index is 0. The summed E-state index contributed by atoms with van der Waals surface area (Å²) in [7, 11) is 0. The summed E-state index contributed by atoms with van der Waals surface area (Å²) in [5, 5.41) is 0. The van der Waals surface area contributed by atoms with Crippen LogP contribution in [0.25, 0.3) is 0 Å². The molecule has 1 heterocycles. The first kappa shape index (κ1) is 12.0. The Hall–Kier alpha value is -1.06. The third-order valence-electron chi connectivity index (χ3n) is 2.44. The van der Waals surface area contributed by atoms with E-state index in [1.807, 2.05) is 24.3 Å². The fourth-order valence-electron chi connectivity index (χ4n) is 1.64. The summed E-state index contributed by atoms with van der Waals surface area (Å²) in [6.45, 7) is 0.204. The lowest BCUT2D eigenvalue weighted by atomic mass is 10.1. The Morgan fingerprint density at radius 1 is 1.53 bits per heavy atom. The largest absolute Gasteiger partial charge is 0.485 e. The van der Waals surface area contributed by atoms with Crippen LogP contribution in [0.3, 0.4) is 0 Å². The molecule has 1 atom stereocenters. The van der Waals surface area contributed by atoms with Crippen molar-refractivity contribution in [2.75, 3.05) is 6.54 Å². The Morgan fingerprint density at radius 2 is 2.27 bits per heavy atom. The smallest absolute Gasteiger partial charge is 0.128 e. The predicted molar refractivity (Wildman–Crippen MR) is 60.1 cm³/mol. The van der Waals surface area contributed by atoms with Crippen LogP contribution >= 0.6 is 12.4 Å². The van der Waals surface area contributed by atoms with Gasteiger partial charge >= 0.3 is 0 Å². The number of rotatable bonds is 2. The highest BCUT2D eigenvalue weighted by Crippen LogP contribution is 2.30. The van der Waals surface area contributed by atoms with E-state index in [1.165, 1.54) is 0 Å². The highest BCUT2D eigenvalue weighted by Gasteiger charge is 2.24. The van der Waals surface area contributed by atoms with E-state index in [9.17, 15) is 4.39 Å². The Morgan fingerprint density at radius 3 is 2.87 bits per heavy atom. The monoisotopic (exact) mass is 229 g/mol. The lowest BCUT2D eigenvalue weighted by Crippen LogP contribution is -2.21. The van der Waals surface area contributed by atoms with Crippen LogP contribution in [0, 0.1) is 0 Å². The summed E-state index contributed by atoms with van der Waals surface area (Å²) < 4.78 is 18.0. The van der Waals surface area contributed by atoms with Gasteiger partial charge in [-0.1, -0.05) is 18.2 Å². The zero-order valence-corrected chi connectivity index (χ0v) is 8.97. The number of hydrogen-bond acceptors (Lipinski definition) is 2. The number of nitrogens with two attached hydrogens (primary N) is 1. The SMILES string of the molecule is Cl.NCC(=CF)C1Cc2ccccc2O1. The molecule has 15 heavy (non-hydrogen) atoms. The van der Waals surface area contributed by atoms with Gasteiger partial charge in [0.05, 0.1) is 6.33 Å². The van der Waals surface area contributed by atoms with Crippen molar-refractivity contribution in [1.82, 2.24) is 0 Å². The Labute approximate surface area is 94.3 Å². The third-order valence-corrected chi connectivity index (χ3v) is 2.44. The fraction of sp³-hybridized carbons (Fsp3) is 0.273. The maximum absolute atomic E-state index is 12.4. The van der Waals surface area contributed by atoms with Gasteiger partial charge in [0.25, 0.3) is 0 Å². The molecule has 1 unspecified atom stereocenters. The molecule has 0 saturated heterocycles. The van der Waals surface area contributed by atoms with E-state index in [0.29, 0.717) is 18.3 Å². The average molecular weight is 230 g/mol. The Bertz CT molecular complexity index is 342. The molecular formula is C11H13ClFNO. The van der Waals surface area contributed by atoms with Crippen LogP contribution in [0.4, 0.5) is 4.39 Å². The number of fused-ring (bicyclic) bond motifs is 1. The van der Waals surface area contributed by atoms with Gasteiger partial charge in [0.15, 0.2) is 0 Å². The second-order valence-electron chi connectivity index (χ2n) is 3.31. The van der Waals surface area contributed by atoms with Crippen LogP contribution in [0.2, 0.25) is 0 Å². The molecule has 0 amide bonds. The van der Waals surface area contributed by atoms with Gasteiger partial charge in [-0.25, -0.2) is 4.39 Å². The first-order chi connectivity index (χ1) is 6.85. The molecule has 2 N–H and O–H groups in total. The quantitative estimate of drug-likeness (QED) is 0.844. The number of ether oxygens (including phenoxy) is 1. The van der Waals surface area contributed by atoms with Crippen molar-refractivity contribution in [3.8, 4) is 5.75 Å². The molecule has 2 rings (SSSR count). The zero-order valence-electron chi connectivity index (χ0n) is 8.15. The first-order valence-corrected chi connectivity index (χ1v) is 4.59. The van der Waals surface area contributed by atoms with E-state index in [2.05, 4.69) is 0 Å². The van der Waals surface area contributed by atoms with E-state index in [4.69, 9.17) is 10.5 Å². The topological polar surface area (TPSA) is 35.2 Å². The van der Waals surface area contributed by atoms with Crippen molar-refractivity contribution >= 4 is 12.4 Å². The zero-order chi connectivity index (χ0) is 9.97. The second kappa shape index (κ2) is 5.14. The highest BCUT2D eigenvalue weighted by molar-refractivity contribution is 5.85. The summed E-state index contributed by atoms with van der Waals surface area (Å²) >= 11 is 0. The van der Waals surface area contributed by atoms with Gasteiger partial charge in [-0.15, -0.1) is 12.4 Å². The average Bonchev–Trinajstić information content (AvgIpc) is 2.63. The second-order valence-corrected chi connectivity index (χ2v) is 3.31. The van der Waals surface area contributed by atoms with Crippen LogP contribution in [-0.2, 0) is 6.42 Å². The van der Waals surface area contributed by atoms with Gasteiger partial charge in [-0.05, 0) is 11.6 Å². The minimum Gasteiger partial charge on any atom is -0.485 e. The molecule has 1 aromatic rings. The van der Waals surface area contributed by atoms with Gasteiger partial charge in [0, 0.05) is 18.5 Å². The molecule has 0 aromatic heterocycles. The van der Waals surface area contributed by atoms with E-state index in [1.54, 1.807) is 0 Å². The molecule has 1 aliphatic rings. The van der Waals surface area contributed by atoms with Crippen molar-refractivity contribution in [2.45, 2.75) is 12.5 Å². The number of benzene rings is 1. The van der Waals surface area contributed by atoms with Crippen LogP contribution in [0.5, 0.6) is 5.75 Å². The van der Waals surface area contributed by atoms with Crippen LogP contribution in [-0.4, -0.2) is 12.6 Å². The van der Waals surface area contributed by atoms with Gasteiger partial charge in [0.2, 0.25) is 0 Å². The summed E-state index contributed by atoms with van der Waals surface area (Å²) in [6, 6.07) is 7.73. The van der Waals surface area contributed by atoms with E-state index < -0.39 is 0 Å². The molecule has 1 aliphatic heterocycles. The maximum atomic E-state index is 12.4. The van der Waals surface area contributed by atoms with Gasteiger partial charge in [-0.3, -0.25) is 0 Å². The Kier molecular flexibility index (Phi) is 4.12. The standard InChI is InChI=1S/C11H12FNO.ClH/c12-6-9(7-13)11-5-8-3-1-2-4-10(8)14-11;/h1-4,6,11H,5,7,13H2;1H. The molecule has 2 nitrogen and oxygen atoms in total. The maximum Gasteiger partial charge on any atom is 0.128 e. The van der Waals surface area contributed by atoms with Gasteiger partial charge in [0.1, 0.15) is 11.9 Å². The van der Waals surface area contributed by atoms with Crippen molar-refractivity contribution in [3.05, 3.63) is 41.7 Å². The summed E-state index contributed by atoms with van der Waals surface area (Å²) in [5.41, 5.74) is 7.04. The molecule has 0 aliphatic carbocycles.